The van der Waals surface area contributed by atoms with E-state index in [4.69, 9.17) is 0 Å². The number of carbonyl (C=O) groups excluding carboxylic acids is 1. The molecule has 1 heterocycles. The number of piperidine rings is 1. The SMILES string of the molecule is CC1(C)CC(CNC(=O)CBr)CC(C)(C)N1O. The Hall–Kier alpha value is -0.130. The van der Waals surface area contributed by atoms with Crippen molar-refractivity contribution in [3.05, 3.63) is 0 Å². The highest BCUT2D eigenvalue weighted by Gasteiger charge is 2.44. The molecular weight excluding hydrogens is 284 g/mol. The van der Waals surface area contributed by atoms with Gasteiger partial charge >= 0.3 is 0 Å². The molecular formula is C12H23BrN2O2. The van der Waals surface area contributed by atoms with E-state index in [0.717, 1.165) is 12.8 Å². The minimum Gasteiger partial charge on any atom is -0.355 e. The molecule has 17 heavy (non-hydrogen) atoms. The third-order valence-corrected chi connectivity index (χ3v) is 3.94. The fraction of sp³-hybridized carbons (Fsp3) is 0.917. The van der Waals surface area contributed by atoms with Gasteiger partial charge in [0.15, 0.2) is 0 Å². The van der Waals surface area contributed by atoms with Crippen molar-refractivity contribution in [2.75, 3.05) is 11.9 Å². The Balaban J connectivity index is 2.62. The molecule has 0 aromatic heterocycles. The predicted molar refractivity (Wildman–Crippen MR) is 71.3 cm³/mol. The zero-order valence-corrected chi connectivity index (χ0v) is 12.7. The molecule has 2 N–H and O–H groups in total. The molecule has 0 saturated carbocycles. The van der Waals surface area contributed by atoms with Gasteiger partial charge in [-0.15, -0.1) is 0 Å². The summed E-state index contributed by atoms with van der Waals surface area (Å²) >= 11 is 3.13. The second-order valence-electron chi connectivity index (χ2n) is 6.15. The minimum atomic E-state index is -0.244. The number of hydroxylamine groups is 2. The van der Waals surface area contributed by atoms with Crippen LogP contribution in [0.2, 0.25) is 0 Å². The zero-order valence-electron chi connectivity index (χ0n) is 11.1. The molecule has 0 unspecified atom stereocenters. The Morgan fingerprint density at radius 2 is 1.82 bits per heavy atom. The van der Waals surface area contributed by atoms with Gasteiger partial charge in [-0.05, 0) is 46.5 Å². The van der Waals surface area contributed by atoms with E-state index in [0.29, 0.717) is 17.8 Å². The van der Waals surface area contributed by atoms with E-state index in [9.17, 15) is 10.0 Å². The summed E-state index contributed by atoms with van der Waals surface area (Å²) in [5.41, 5.74) is -0.489. The molecule has 1 aliphatic rings. The van der Waals surface area contributed by atoms with Crippen molar-refractivity contribution in [2.45, 2.75) is 51.6 Å². The predicted octanol–water partition coefficient (Wildman–Crippen LogP) is 2.16. The van der Waals surface area contributed by atoms with Gasteiger partial charge in [0, 0.05) is 17.6 Å². The Labute approximate surface area is 112 Å². The minimum absolute atomic E-state index is 0.0204. The lowest BCUT2D eigenvalue weighted by atomic mass is 9.75. The molecule has 1 rings (SSSR count). The molecule has 1 aliphatic heterocycles. The molecule has 0 aromatic carbocycles. The van der Waals surface area contributed by atoms with Crippen LogP contribution in [0.4, 0.5) is 0 Å². The van der Waals surface area contributed by atoms with Gasteiger partial charge in [0.2, 0.25) is 5.91 Å². The van der Waals surface area contributed by atoms with Crippen molar-refractivity contribution >= 4 is 21.8 Å². The van der Waals surface area contributed by atoms with Crippen LogP contribution >= 0.6 is 15.9 Å². The smallest absolute Gasteiger partial charge is 0.230 e. The first-order chi connectivity index (χ1) is 7.69. The number of halogens is 1. The molecule has 1 fully saturated rings. The maximum Gasteiger partial charge on any atom is 0.230 e. The maximum absolute atomic E-state index is 11.2. The van der Waals surface area contributed by atoms with E-state index in [1.807, 2.05) is 27.7 Å². The van der Waals surface area contributed by atoms with E-state index < -0.39 is 0 Å². The van der Waals surface area contributed by atoms with Crippen molar-refractivity contribution in [1.29, 1.82) is 0 Å². The monoisotopic (exact) mass is 306 g/mol. The molecule has 0 radical (unpaired) electrons. The largest absolute Gasteiger partial charge is 0.355 e. The fourth-order valence-corrected chi connectivity index (χ4v) is 3.13. The summed E-state index contributed by atoms with van der Waals surface area (Å²) in [6, 6.07) is 0. The van der Waals surface area contributed by atoms with Crippen molar-refractivity contribution < 1.29 is 10.0 Å². The topological polar surface area (TPSA) is 52.6 Å². The van der Waals surface area contributed by atoms with Crippen molar-refractivity contribution in [1.82, 2.24) is 10.4 Å². The van der Waals surface area contributed by atoms with Crippen molar-refractivity contribution in [3.63, 3.8) is 0 Å². The molecule has 5 heteroatoms. The summed E-state index contributed by atoms with van der Waals surface area (Å²) in [5.74, 6) is 0.429. The first-order valence-corrected chi connectivity index (χ1v) is 7.13. The zero-order chi connectivity index (χ0) is 13.3. The standard InChI is InChI=1S/C12H23BrN2O2/c1-11(2)5-9(8-14-10(16)7-13)6-12(3,4)15(11)17/h9,17H,5-8H2,1-4H3,(H,14,16). The average Bonchev–Trinajstić information content (AvgIpc) is 2.21. The summed E-state index contributed by atoms with van der Waals surface area (Å²) in [6.07, 6.45) is 1.77. The second kappa shape index (κ2) is 5.24. The average molecular weight is 307 g/mol. The highest BCUT2D eigenvalue weighted by Crippen LogP contribution is 2.39. The van der Waals surface area contributed by atoms with Crippen LogP contribution in [0, 0.1) is 5.92 Å². The lowest BCUT2D eigenvalue weighted by Crippen LogP contribution is -2.60. The normalized spacial score (nSPS) is 24.6. The molecule has 1 saturated heterocycles. The van der Waals surface area contributed by atoms with Crippen LogP contribution in [0.25, 0.3) is 0 Å². The summed E-state index contributed by atoms with van der Waals surface area (Å²) in [4.78, 5) is 11.2. The van der Waals surface area contributed by atoms with Gasteiger partial charge in [-0.1, -0.05) is 15.9 Å². The van der Waals surface area contributed by atoms with Crippen molar-refractivity contribution in [3.8, 4) is 0 Å². The third-order valence-electron chi connectivity index (χ3n) is 3.43. The molecule has 100 valence electrons. The molecule has 0 atom stereocenters. The van der Waals surface area contributed by atoms with Gasteiger partial charge in [0.05, 0.1) is 5.33 Å². The van der Waals surface area contributed by atoms with E-state index in [1.165, 1.54) is 5.06 Å². The van der Waals surface area contributed by atoms with E-state index in [2.05, 4.69) is 21.2 Å². The van der Waals surface area contributed by atoms with Gasteiger partial charge in [-0.3, -0.25) is 4.79 Å². The Morgan fingerprint density at radius 3 is 2.24 bits per heavy atom. The van der Waals surface area contributed by atoms with Gasteiger partial charge in [0.25, 0.3) is 0 Å². The first-order valence-electron chi connectivity index (χ1n) is 6.01. The van der Waals surface area contributed by atoms with E-state index in [-0.39, 0.29) is 17.0 Å². The molecule has 0 spiro atoms. The van der Waals surface area contributed by atoms with Gasteiger partial charge < -0.3 is 10.5 Å². The lowest BCUT2D eigenvalue weighted by Gasteiger charge is -2.51. The number of hydrogen-bond donors (Lipinski definition) is 2. The number of carbonyl (C=O) groups is 1. The summed E-state index contributed by atoms with van der Waals surface area (Å²) in [6.45, 7) is 8.83. The number of hydrogen-bond acceptors (Lipinski definition) is 3. The van der Waals surface area contributed by atoms with Crippen LogP contribution in [0.5, 0.6) is 0 Å². The van der Waals surface area contributed by atoms with Crippen LogP contribution in [-0.2, 0) is 4.79 Å². The number of nitrogens with zero attached hydrogens (tertiary/aromatic N) is 1. The number of nitrogens with one attached hydrogen (secondary N) is 1. The molecule has 0 aliphatic carbocycles. The number of amides is 1. The summed E-state index contributed by atoms with van der Waals surface area (Å²) in [7, 11) is 0. The number of rotatable bonds is 3. The lowest BCUT2D eigenvalue weighted by molar-refractivity contribution is -0.250. The molecule has 0 aromatic rings. The Kier molecular flexibility index (Phi) is 4.60. The third kappa shape index (κ3) is 3.66. The van der Waals surface area contributed by atoms with Crippen LogP contribution in [0.1, 0.15) is 40.5 Å². The van der Waals surface area contributed by atoms with Crippen LogP contribution < -0.4 is 5.32 Å². The molecule has 1 amide bonds. The van der Waals surface area contributed by atoms with Crippen molar-refractivity contribution in [2.24, 2.45) is 5.92 Å². The highest BCUT2D eigenvalue weighted by molar-refractivity contribution is 9.09. The van der Waals surface area contributed by atoms with Crippen LogP contribution in [-0.4, -0.2) is 39.1 Å². The van der Waals surface area contributed by atoms with E-state index in [1.54, 1.807) is 0 Å². The van der Waals surface area contributed by atoms with Gasteiger partial charge in [0.1, 0.15) is 0 Å². The first kappa shape index (κ1) is 14.9. The fourth-order valence-electron chi connectivity index (χ4n) is 2.93. The van der Waals surface area contributed by atoms with Crippen LogP contribution in [0.15, 0.2) is 0 Å². The Bertz CT molecular complexity index is 274. The maximum atomic E-state index is 11.2. The second-order valence-corrected chi connectivity index (χ2v) is 6.71. The van der Waals surface area contributed by atoms with Crippen LogP contribution in [0.3, 0.4) is 0 Å². The van der Waals surface area contributed by atoms with Gasteiger partial charge in [-0.2, -0.15) is 5.06 Å². The highest BCUT2D eigenvalue weighted by atomic mass is 79.9. The molecule has 4 nitrogen and oxygen atoms in total. The quantitative estimate of drug-likeness (QED) is 0.786. The molecule has 0 bridgehead atoms. The summed E-state index contributed by atoms with van der Waals surface area (Å²) < 4.78 is 0. The van der Waals surface area contributed by atoms with E-state index >= 15 is 0 Å². The number of alkyl halides is 1. The van der Waals surface area contributed by atoms with Gasteiger partial charge in [-0.25, -0.2) is 0 Å². The Morgan fingerprint density at radius 1 is 1.35 bits per heavy atom. The summed E-state index contributed by atoms with van der Waals surface area (Å²) in [5, 5.41) is 14.9.